The Morgan fingerprint density at radius 3 is 2.75 bits per heavy atom. The van der Waals surface area contributed by atoms with Crippen molar-refractivity contribution in [3.8, 4) is 0 Å². The summed E-state index contributed by atoms with van der Waals surface area (Å²) >= 11 is 0. The van der Waals surface area contributed by atoms with Gasteiger partial charge in [-0.05, 0) is 26.7 Å². The Hall–Kier alpha value is -2.38. The molecule has 2 heterocycles. The Morgan fingerprint density at radius 1 is 1.38 bits per heavy atom. The molecular formula is C16H23N5O3. The number of imide groups is 1. The second-order valence-corrected chi connectivity index (χ2v) is 6.73. The van der Waals surface area contributed by atoms with Gasteiger partial charge in [-0.15, -0.1) is 0 Å². The van der Waals surface area contributed by atoms with Gasteiger partial charge in [0, 0.05) is 25.1 Å². The minimum Gasteiger partial charge on any atom is -0.323 e. The van der Waals surface area contributed by atoms with Gasteiger partial charge in [-0.1, -0.05) is 12.8 Å². The molecule has 0 unspecified atom stereocenters. The summed E-state index contributed by atoms with van der Waals surface area (Å²) in [5.41, 5.74) is -0.718. The molecule has 0 bridgehead atoms. The third-order valence-electron chi connectivity index (χ3n) is 4.69. The summed E-state index contributed by atoms with van der Waals surface area (Å²) in [6, 6.07) is 1.46. The van der Waals surface area contributed by atoms with Gasteiger partial charge in [-0.25, -0.2) is 9.48 Å². The number of aromatic nitrogens is 2. The number of nitrogens with zero attached hydrogens (tertiary/aromatic N) is 3. The molecule has 3 rings (SSSR count). The van der Waals surface area contributed by atoms with Crippen LogP contribution in [0.5, 0.6) is 0 Å². The van der Waals surface area contributed by atoms with Crippen molar-refractivity contribution in [2.75, 3.05) is 11.9 Å². The van der Waals surface area contributed by atoms with Gasteiger partial charge in [0.15, 0.2) is 0 Å². The quantitative estimate of drug-likeness (QED) is 0.801. The van der Waals surface area contributed by atoms with E-state index in [4.69, 9.17) is 0 Å². The van der Waals surface area contributed by atoms with Gasteiger partial charge in [0.1, 0.15) is 11.4 Å². The van der Waals surface area contributed by atoms with E-state index in [9.17, 15) is 14.4 Å². The smallest absolute Gasteiger partial charge is 0.323 e. The van der Waals surface area contributed by atoms with E-state index in [2.05, 4.69) is 15.7 Å². The van der Waals surface area contributed by atoms with Crippen molar-refractivity contribution in [1.82, 2.24) is 20.0 Å². The molecule has 1 spiro atoms. The van der Waals surface area contributed by atoms with Crippen LogP contribution in [-0.4, -0.2) is 44.6 Å². The lowest BCUT2D eigenvalue weighted by atomic mass is 9.98. The van der Waals surface area contributed by atoms with Crippen molar-refractivity contribution >= 4 is 23.7 Å². The first kappa shape index (κ1) is 16.5. The Balaban J connectivity index is 1.57. The zero-order valence-electron chi connectivity index (χ0n) is 14.0. The van der Waals surface area contributed by atoms with Gasteiger partial charge >= 0.3 is 6.03 Å². The molecule has 0 atom stereocenters. The number of urea groups is 1. The van der Waals surface area contributed by atoms with Gasteiger partial charge in [0.25, 0.3) is 5.91 Å². The van der Waals surface area contributed by atoms with E-state index in [-0.39, 0.29) is 36.9 Å². The highest BCUT2D eigenvalue weighted by atomic mass is 16.2. The van der Waals surface area contributed by atoms with Gasteiger partial charge in [-0.3, -0.25) is 14.5 Å². The highest BCUT2D eigenvalue weighted by Gasteiger charge is 2.52. The number of carbonyl (C=O) groups is 3. The molecule has 1 aromatic rings. The fourth-order valence-electron chi connectivity index (χ4n) is 3.44. The van der Waals surface area contributed by atoms with E-state index < -0.39 is 5.54 Å². The summed E-state index contributed by atoms with van der Waals surface area (Å²) in [5.74, 6) is 0.176. The number of hydrogen-bond acceptors (Lipinski definition) is 4. The summed E-state index contributed by atoms with van der Waals surface area (Å²) in [4.78, 5) is 37.9. The fourth-order valence-corrected chi connectivity index (χ4v) is 3.44. The van der Waals surface area contributed by atoms with Crippen LogP contribution in [0.15, 0.2) is 12.3 Å². The predicted molar refractivity (Wildman–Crippen MR) is 87.3 cm³/mol. The maximum absolute atomic E-state index is 12.5. The minimum absolute atomic E-state index is 0.0680. The van der Waals surface area contributed by atoms with Crippen LogP contribution in [0.25, 0.3) is 0 Å². The van der Waals surface area contributed by atoms with Gasteiger partial charge in [0.05, 0.1) is 6.20 Å². The van der Waals surface area contributed by atoms with Crippen LogP contribution >= 0.6 is 0 Å². The lowest BCUT2D eigenvalue weighted by molar-refractivity contribution is -0.131. The largest absolute Gasteiger partial charge is 0.325 e. The van der Waals surface area contributed by atoms with Crippen molar-refractivity contribution in [1.29, 1.82) is 0 Å². The third-order valence-corrected chi connectivity index (χ3v) is 4.69. The third kappa shape index (κ3) is 2.88. The molecule has 1 saturated carbocycles. The standard InChI is InChI=1S/C16H23N5O3/c1-11(2)21-12(5-9-17-21)18-13(22)6-10-20-14(23)16(19-15(20)24)7-3-4-8-16/h5,9,11H,3-4,6-8,10H2,1-2H3,(H,18,22)(H,19,24). The monoisotopic (exact) mass is 333 g/mol. The van der Waals surface area contributed by atoms with E-state index in [1.165, 1.54) is 4.90 Å². The van der Waals surface area contributed by atoms with E-state index >= 15 is 0 Å². The van der Waals surface area contributed by atoms with Gasteiger partial charge in [0.2, 0.25) is 5.91 Å². The summed E-state index contributed by atoms with van der Waals surface area (Å²) in [6.07, 6.45) is 4.95. The van der Waals surface area contributed by atoms with Crippen LogP contribution in [0.4, 0.5) is 10.6 Å². The molecule has 24 heavy (non-hydrogen) atoms. The number of anilines is 1. The molecule has 1 aliphatic carbocycles. The van der Waals surface area contributed by atoms with Crippen molar-refractivity contribution < 1.29 is 14.4 Å². The summed E-state index contributed by atoms with van der Waals surface area (Å²) in [6.45, 7) is 4.03. The maximum atomic E-state index is 12.5. The molecule has 1 aliphatic heterocycles. The molecule has 2 N–H and O–H groups in total. The molecule has 130 valence electrons. The van der Waals surface area contributed by atoms with E-state index in [0.29, 0.717) is 18.7 Å². The molecule has 1 saturated heterocycles. The normalized spacial score (nSPS) is 19.4. The highest BCUT2D eigenvalue weighted by molar-refractivity contribution is 6.07. The van der Waals surface area contributed by atoms with Crippen molar-refractivity contribution in [2.24, 2.45) is 0 Å². The molecule has 8 nitrogen and oxygen atoms in total. The number of carbonyl (C=O) groups excluding carboxylic acids is 3. The van der Waals surface area contributed by atoms with Crippen molar-refractivity contribution in [3.63, 3.8) is 0 Å². The molecule has 8 heteroatoms. The van der Waals surface area contributed by atoms with E-state index in [1.54, 1.807) is 16.9 Å². The van der Waals surface area contributed by atoms with Crippen LogP contribution in [0.1, 0.15) is 52.0 Å². The molecule has 2 fully saturated rings. The topological polar surface area (TPSA) is 96.3 Å². The Bertz CT molecular complexity index is 660. The second-order valence-electron chi connectivity index (χ2n) is 6.73. The van der Waals surface area contributed by atoms with Crippen LogP contribution in [0, 0.1) is 0 Å². The molecule has 4 amide bonds. The van der Waals surface area contributed by atoms with E-state index in [1.807, 2.05) is 13.8 Å². The zero-order chi connectivity index (χ0) is 17.3. The molecular weight excluding hydrogens is 310 g/mol. The first-order valence-corrected chi connectivity index (χ1v) is 8.40. The van der Waals surface area contributed by atoms with Crippen molar-refractivity contribution in [2.45, 2.75) is 57.5 Å². The molecule has 0 radical (unpaired) electrons. The minimum atomic E-state index is -0.718. The number of rotatable bonds is 5. The molecule has 0 aromatic carbocycles. The number of hydrogen-bond donors (Lipinski definition) is 2. The van der Waals surface area contributed by atoms with Gasteiger partial charge < -0.3 is 10.6 Å². The SMILES string of the molecule is CC(C)n1nccc1NC(=O)CCN1C(=O)NC2(CCCC2)C1=O. The van der Waals surface area contributed by atoms with Crippen LogP contribution < -0.4 is 10.6 Å². The van der Waals surface area contributed by atoms with Crippen LogP contribution in [-0.2, 0) is 9.59 Å². The molecule has 2 aliphatic rings. The number of amides is 4. The lowest BCUT2D eigenvalue weighted by Gasteiger charge is -2.20. The maximum Gasteiger partial charge on any atom is 0.325 e. The lowest BCUT2D eigenvalue weighted by Crippen LogP contribution is -2.44. The fraction of sp³-hybridized carbons (Fsp3) is 0.625. The Labute approximate surface area is 140 Å². The van der Waals surface area contributed by atoms with Crippen LogP contribution in [0.3, 0.4) is 0 Å². The Morgan fingerprint density at radius 2 is 2.08 bits per heavy atom. The second kappa shape index (κ2) is 6.26. The Kier molecular flexibility index (Phi) is 4.29. The predicted octanol–water partition coefficient (Wildman–Crippen LogP) is 1.66. The summed E-state index contributed by atoms with van der Waals surface area (Å²) < 4.78 is 1.71. The first-order valence-electron chi connectivity index (χ1n) is 8.40. The van der Waals surface area contributed by atoms with Crippen molar-refractivity contribution in [3.05, 3.63) is 12.3 Å². The van der Waals surface area contributed by atoms with Crippen LogP contribution in [0.2, 0.25) is 0 Å². The number of nitrogens with one attached hydrogen (secondary N) is 2. The average Bonchev–Trinajstić information content (AvgIpc) is 3.21. The summed E-state index contributed by atoms with van der Waals surface area (Å²) in [5, 5.41) is 9.74. The van der Waals surface area contributed by atoms with Gasteiger partial charge in [-0.2, -0.15) is 5.10 Å². The highest BCUT2D eigenvalue weighted by Crippen LogP contribution is 2.35. The molecule has 1 aromatic heterocycles. The van der Waals surface area contributed by atoms with E-state index in [0.717, 1.165) is 12.8 Å². The summed E-state index contributed by atoms with van der Waals surface area (Å²) in [7, 11) is 0. The zero-order valence-corrected chi connectivity index (χ0v) is 14.0. The average molecular weight is 333 g/mol. The first-order chi connectivity index (χ1) is 11.4.